The van der Waals surface area contributed by atoms with Crippen LogP contribution in [0.4, 0.5) is 0 Å². The summed E-state index contributed by atoms with van der Waals surface area (Å²) in [4.78, 5) is 5.47. The molecular formula is C15H19N3S. The van der Waals surface area contributed by atoms with E-state index in [2.05, 4.69) is 45.8 Å². The third kappa shape index (κ3) is 3.08. The number of nitrogens with zero attached hydrogens (tertiary/aromatic N) is 2. The average molecular weight is 273 g/mol. The molecule has 1 aromatic carbocycles. The van der Waals surface area contributed by atoms with Gasteiger partial charge < -0.3 is 5.32 Å². The first kappa shape index (κ1) is 12.9. The summed E-state index contributed by atoms with van der Waals surface area (Å²) in [6, 6.07) is 9.26. The molecule has 0 saturated carbocycles. The summed E-state index contributed by atoms with van der Waals surface area (Å²) in [5, 5.41) is 5.95. The smallest absolute Gasteiger partial charge is 0.0346 e. The second-order valence-corrected chi connectivity index (χ2v) is 6.15. The predicted octanol–water partition coefficient (Wildman–Crippen LogP) is 2.93. The van der Waals surface area contributed by atoms with Crippen molar-refractivity contribution in [3.8, 4) is 0 Å². The topological polar surface area (TPSA) is 28.2 Å². The molecule has 19 heavy (non-hydrogen) atoms. The predicted molar refractivity (Wildman–Crippen MR) is 81.3 cm³/mol. The molecule has 3 rings (SSSR count). The monoisotopic (exact) mass is 273 g/mol. The highest BCUT2D eigenvalue weighted by atomic mass is 32.2. The Kier molecular flexibility index (Phi) is 4.01. The van der Waals surface area contributed by atoms with Crippen LogP contribution in [0, 0.1) is 0 Å². The molecule has 1 N–H and O–H groups in total. The molecule has 0 unspecified atom stereocenters. The molecule has 0 spiro atoms. The fraction of sp³-hybridized carbons (Fsp3) is 0.400. The highest BCUT2D eigenvalue weighted by molar-refractivity contribution is 7.97. The maximum Gasteiger partial charge on any atom is 0.0346 e. The van der Waals surface area contributed by atoms with Crippen LogP contribution in [0.1, 0.15) is 13.3 Å². The second kappa shape index (κ2) is 5.90. The van der Waals surface area contributed by atoms with Crippen LogP contribution in [-0.4, -0.2) is 35.0 Å². The number of fused-ring (bicyclic) bond motifs is 1. The van der Waals surface area contributed by atoms with E-state index in [9.17, 15) is 0 Å². The Bertz CT molecular complexity index is 558. The summed E-state index contributed by atoms with van der Waals surface area (Å²) in [7, 11) is 0. The van der Waals surface area contributed by atoms with Gasteiger partial charge in [-0.3, -0.25) is 4.98 Å². The molecule has 4 heteroatoms. The molecule has 1 aliphatic heterocycles. The fourth-order valence-corrected chi connectivity index (χ4v) is 3.44. The summed E-state index contributed by atoms with van der Waals surface area (Å²) in [5.41, 5.74) is 0. The van der Waals surface area contributed by atoms with Crippen molar-refractivity contribution in [2.75, 3.05) is 19.6 Å². The van der Waals surface area contributed by atoms with Crippen molar-refractivity contribution in [2.45, 2.75) is 24.3 Å². The number of pyridine rings is 1. The third-order valence-electron chi connectivity index (χ3n) is 3.50. The summed E-state index contributed by atoms with van der Waals surface area (Å²) < 4.78 is 2.49. The van der Waals surface area contributed by atoms with Crippen LogP contribution in [0.3, 0.4) is 0 Å². The van der Waals surface area contributed by atoms with Crippen LogP contribution >= 0.6 is 11.9 Å². The molecular weight excluding hydrogens is 254 g/mol. The molecule has 100 valence electrons. The lowest BCUT2D eigenvalue weighted by atomic mass is 10.2. The Hall–Kier alpha value is -1.10. The van der Waals surface area contributed by atoms with Crippen molar-refractivity contribution < 1.29 is 0 Å². The van der Waals surface area contributed by atoms with Crippen LogP contribution in [0.2, 0.25) is 0 Å². The quantitative estimate of drug-likeness (QED) is 0.852. The lowest BCUT2D eigenvalue weighted by molar-refractivity contribution is 0.394. The van der Waals surface area contributed by atoms with E-state index < -0.39 is 0 Å². The van der Waals surface area contributed by atoms with E-state index in [0.717, 1.165) is 19.6 Å². The van der Waals surface area contributed by atoms with Crippen molar-refractivity contribution in [2.24, 2.45) is 0 Å². The minimum absolute atomic E-state index is 0.570. The van der Waals surface area contributed by atoms with Gasteiger partial charge in [-0.05, 0) is 55.4 Å². The Morgan fingerprint density at radius 3 is 3.21 bits per heavy atom. The summed E-state index contributed by atoms with van der Waals surface area (Å²) in [6.07, 6.45) is 4.99. The van der Waals surface area contributed by atoms with Crippen molar-refractivity contribution in [1.82, 2.24) is 14.6 Å². The standard InChI is InChI=1S/C15H19N3S/c1-12-10-16-6-2-8-18(12)19-15-4-3-14-11-17-7-5-13(14)9-15/h3-5,7,9,11-12,16H,2,6,8,10H2,1H3/t12-/m0/s1. The summed E-state index contributed by atoms with van der Waals surface area (Å²) >= 11 is 1.87. The molecule has 0 radical (unpaired) electrons. The first-order valence-corrected chi connectivity index (χ1v) is 7.59. The van der Waals surface area contributed by atoms with Gasteiger partial charge in [0, 0.05) is 41.8 Å². The minimum atomic E-state index is 0.570. The van der Waals surface area contributed by atoms with Crippen molar-refractivity contribution in [1.29, 1.82) is 0 Å². The van der Waals surface area contributed by atoms with Crippen LogP contribution in [0.15, 0.2) is 41.6 Å². The molecule has 2 aromatic rings. The highest BCUT2D eigenvalue weighted by Crippen LogP contribution is 2.28. The number of benzene rings is 1. The minimum Gasteiger partial charge on any atom is -0.315 e. The molecule has 0 bridgehead atoms. The SMILES string of the molecule is C[C@H]1CNCCCN1Sc1ccc2cnccc2c1. The van der Waals surface area contributed by atoms with Crippen molar-refractivity contribution >= 4 is 22.7 Å². The average Bonchev–Trinajstić information content (AvgIpc) is 2.64. The molecule has 0 amide bonds. The molecule has 2 heterocycles. The van der Waals surface area contributed by atoms with Crippen LogP contribution < -0.4 is 5.32 Å². The normalized spacial score (nSPS) is 21.4. The number of hydrogen-bond donors (Lipinski definition) is 1. The molecule has 1 aliphatic rings. The Labute approximate surface area is 118 Å². The zero-order valence-electron chi connectivity index (χ0n) is 11.2. The Balaban J connectivity index is 1.80. The van der Waals surface area contributed by atoms with Gasteiger partial charge in [0.1, 0.15) is 0 Å². The lowest BCUT2D eigenvalue weighted by Crippen LogP contribution is -2.32. The zero-order chi connectivity index (χ0) is 13.1. The van der Waals surface area contributed by atoms with E-state index in [1.54, 1.807) is 0 Å². The van der Waals surface area contributed by atoms with E-state index in [1.165, 1.54) is 22.1 Å². The Morgan fingerprint density at radius 2 is 2.26 bits per heavy atom. The first-order valence-electron chi connectivity index (χ1n) is 6.82. The van der Waals surface area contributed by atoms with Gasteiger partial charge in [-0.1, -0.05) is 6.07 Å². The van der Waals surface area contributed by atoms with Gasteiger partial charge in [-0.15, -0.1) is 0 Å². The van der Waals surface area contributed by atoms with E-state index in [1.807, 2.05) is 24.3 Å². The highest BCUT2D eigenvalue weighted by Gasteiger charge is 2.17. The summed E-state index contributed by atoms with van der Waals surface area (Å²) in [6.45, 7) is 5.64. The fourth-order valence-electron chi connectivity index (χ4n) is 2.38. The van der Waals surface area contributed by atoms with Gasteiger partial charge in [0.05, 0.1) is 0 Å². The van der Waals surface area contributed by atoms with E-state index in [0.29, 0.717) is 6.04 Å². The number of rotatable bonds is 2. The van der Waals surface area contributed by atoms with Crippen LogP contribution in [-0.2, 0) is 0 Å². The lowest BCUT2D eigenvalue weighted by Gasteiger charge is -2.25. The molecule has 0 aliphatic carbocycles. The van der Waals surface area contributed by atoms with Gasteiger partial charge >= 0.3 is 0 Å². The summed E-state index contributed by atoms with van der Waals surface area (Å²) in [5.74, 6) is 0. The van der Waals surface area contributed by atoms with E-state index in [4.69, 9.17) is 0 Å². The van der Waals surface area contributed by atoms with Gasteiger partial charge in [-0.25, -0.2) is 4.31 Å². The number of aromatic nitrogens is 1. The largest absolute Gasteiger partial charge is 0.315 e. The van der Waals surface area contributed by atoms with Crippen LogP contribution in [0.25, 0.3) is 10.8 Å². The number of hydrogen-bond acceptors (Lipinski definition) is 4. The molecule has 1 aromatic heterocycles. The Morgan fingerprint density at radius 1 is 1.32 bits per heavy atom. The molecule has 1 fully saturated rings. The van der Waals surface area contributed by atoms with Crippen LogP contribution in [0.5, 0.6) is 0 Å². The van der Waals surface area contributed by atoms with Gasteiger partial charge in [0.25, 0.3) is 0 Å². The third-order valence-corrected chi connectivity index (χ3v) is 4.74. The van der Waals surface area contributed by atoms with Gasteiger partial charge in [0.15, 0.2) is 0 Å². The molecule has 1 saturated heterocycles. The molecule has 3 nitrogen and oxygen atoms in total. The molecule has 1 atom stereocenters. The first-order chi connectivity index (χ1) is 9.33. The van der Waals surface area contributed by atoms with Crippen molar-refractivity contribution in [3.63, 3.8) is 0 Å². The van der Waals surface area contributed by atoms with E-state index >= 15 is 0 Å². The van der Waals surface area contributed by atoms with Crippen molar-refractivity contribution in [3.05, 3.63) is 36.7 Å². The second-order valence-electron chi connectivity index (χ2n) is 5.02. The maximum absolute atomic E-state index is 4.16. The zero-order valence-corrected chi connectivity index (χ0v) is 12.0. The van der Waals surface area contributed by atoms with Gasteiger partial charge in [-0.2, -0.15) is 0 Å². The van der Waals surface area contributed by atoms with E-state index in [-0.39, 0.29) is 0 Å². The number of nitrogens with one attached hydrogen (secondary N) is 1. The van der Waals surface area contributed by atoms with Gasteiger partial charge in [0.2, 0.25) is 0 Å². The maximum atomic E-state index is 4.16.